The Morgan fingerprint density at radius 2 is 0.909 bits per heavy atom. The summed E-state index contributed by atoms with van der Waals surface area (Å²) < 4.78 is 0. The third-order valence-electron chi connectivity index (χ3n) is 5.57. The van der Waals surface area contributed by atoms with Gasteiger partial charge in [-0.3, -0.25) is 20.2 Å². The fourth-order valence-corrected chi connectivity index (χ4v) is 3.97. The van der Waals surface area contributed by atoms with Crippen LogP contribution in [0.1, 0.15) is 0 Å². The smallest absolute Gasteiger partial charge is 0.270 e. The SMILES string of the molecule is O=[N+]([O-])c1ccc2cc(N(c3ccccc3)c3ccc4cc([N+](=O)[O-])ccc4c3)ccc2c1. The Balaban J connectivity index is 1.65. The van der Waals surface area contributed by atoms with Crippen LogP contribution in [0.5, 0.6) is 0 Å². The average Bonchev–Trinajstić information content (AvgIpc) is 2.84. The molecule has 0 radical (unpaired) electrons. The number of para-hydroxylation sites is 1. The molecule has 0 aliphatic rings. The summed E-state index contributed by atoms with van der Waals surface area (Å²) in [5, 5.41) is 25.6. The van der Waals surface area contributed by atoms with Gasteiger partial charge >= 0.3 is 0 Å². The number of anilines is 3. The van der Waals surface area contributed by atoms with Crippen molar-refractivity contribution in [1.29, 1.82) is 0 Å². The van der Waals surface area contributed by atoms with Crippen LogP contribution < -0.4 is 4.90 Å². The van der Waals surface area contributed by atoms with Gasteiger partial charge in [-0.25, -0.2) is 0 Å². The van der Waals surface area contributed by atoms with E-state index in [9.17, 15) is 20.2 Å². The molecule has 0 unspecified atom stereocenters. The first-order valence-corrected chi connectivity index (χ1v) is 10.2. The summed E-state index contributed by atoms with van der Waals surface area (Å²) in [4.78, 5) is 23.5. The van der Waals surface area contributed by atoms with Crippen molar-refractivity contribution in [3.8, 4) is 0 Å². The normalized spacial score (nSPS) is 10.9. The summed E-state index contributed by atoms with van der Waals surface area (Å²) >= 11 is 0. The number of hydrogen-bond donors (Lipinski definition) is 0. The van der Waals surface area contributed by atoms with Crippen LogP contribution in [0.4, 0.5) is 28.4 Å². The molecule has 5 aromatic rings. The summed E-state index contributed by atoms with van der Waals surface area (Å²) in [6.45, 7) is 0. The standard InChI is InChI=1S/C26H17N3O4/c30-28(31)25-12-8-18-14-23(10-6-20(18)16-25)27(22-4-2-1-3-5-22)24-11-7-21-17-26(29(32)33)13-9-19(21)15-24/h1-17H. The fraction of sp³-hybridized carbons (Fsp3) is 0. The van der Waals surface area contributed by atoms with E-state index in [1.54, 1.807) is 24.3 Å². The van der Waals surface area contributed by atoms with Gasteiger partial charge in [0.2, 0.25) is 0 Å². The number of benzene rings is 5. The first-order valence-electron chi connectivity index (χ1n) is 10.2. The summed E-state index contributed by atoms with van der Waals surface area (Å²) in [5.41, 5.74) is 2.84. The summed E-state index contributed by atoms with van der Waals surface area (Å²) in [6.07, 6.45) is 0. The van der Waals surface area contributed by atoms with Gasteiger partial charge in [-0.05, 0) is 70.1 Å². The second-order valence-corrected chi connectivity index (χ2v) is 7.62. The number of non-ortho nitro benzene ring substituents is 2. The summed E-state index contributed by atoms with van der Waals surface area (Å²) in [5.74, 6) is 0. The van der Waals surface area contributed by atoms with Crippen molar-refractivity contribution in [2.24, 2.45) is 0 Å². The van der Waals surface area contributed by atoms with Crippen molar-refractivity contribution in [3.63, 3.8) is 0 Å². The van der Waals surface area contributed by atoms with Crippen LogP contribution >= 0.6 is 0 Å². The highest BCUT2D eigenvalue weighted by Gasteiger charge is 2.15. The molecule has 0 aliphatic heterocycles. The highest BCUT2D eigenvalue weighted by molar-refractivity contribution is 5.93. The third kappa shape index (κ3) is 3.83. The van der Waals surface area contributed by atoms with Crippen molar-refractivity contribution in [2.45, 2.75) is 0 Å². The number of fused-ring (bicyclic) bond motifs is 2. The van der Waals surface area contributed by atoms with Gasteiger partial charge in [0.1, 0.15) is 0 Å². The van der Waals surface area contributed by atoms with Crippen LogP contribution in [-0.4, -0.2) is 9.85 Å². The molecule has 7 heteroatoms. The predicted octanol–water partition coefficient (Wildman–Crippen LogP) is 7.28. The molecule has 33 heavy (non-hydrogen) atoms. The van der Waals surface area contributed by atoms with Crippen molar-refractivity contribution < 1.29 is 9.85 Å². The van der Waals surface area contributed by atoms with E-state index in [2.05, 4.69) is 4.90 Å². The lowest BCUT2D eigenvalue weighted by Gasteiger charge is -2.26. The molecule has 0 spiro atoms. The minimum absolute atomic E-state index is 0.0544. The van der Waals surface area contributed by atoms with Crippen LogP contribution in [-0.2, 0) is 0 Å². The summed E-state index contributed by atoms with van der Waals surface area (Å²) in [6, 6.07) is 31.1. The number of nitro benzene ring substituents is 2. The van der Waals surface area contributed by atoms with Gasteiger partial charge in [-0.2, -0.15) is 0 Å². The van der Waals surface area contributed by atoms with Crippen LogP contribution in [0, 0.1) is 20.2 Å². The van der Waals surface area contributed by atoms with Crippen LogP contribution in [0.2, 0.25) is 0 Å². The Labute approximate surface area is 188 Å². The van der Waals surface area contributed by atoms with Gasteiger partial charge in [-0.15, -0.1) is 0 Å². The molecule has 0 aliphatic carbocycles. The fourth-order valence-electron chi connectivity index (χ4n) is 3.97. The minimum Gasteiger partial charge on any atom is -0.310 e. The molecular weight excluding hydrogens is 418 g/mol. The van der Waals surface area contributed by atoms with Gasteiger partial charge in [0, 0.05) is 41.3 Å². The predicted molar refractivity (Wildman–Crippen MR) is 129 cm³/mol. The second kappa shape index (κ2) is 8.05. The molecule has 0 N–H and O–H groups in total. The Hall–Kier alpha value is -4.78. The molecule has 0 heterocycles. The van der Waals surface area contributed by atoms with E-state index in [1.165, 1.54) is 12.1 Å². The molecule has 5 rings (SSSR count). The molecule has 160 valence electrons. The lowest BCUT2D eigenvalue weighted by atomic mass is 10.1. The van der Waals surface area contributed by atoms with Crippen molar-refractivity contribution in [3.05, 3.63) is 123 Å². The molecule has 0 atom stereocenters. The second-order valence-electron chi connectivity index (χ2n) is 7.62. The van der Waals surface area contributed by atoms with Gasteiger partial charge in [0.05, 0.1) is 9.85 Å². The number of hydrogen-bond acceptors (Lipinski definition) is 5. The van der Waals surface area contributed by atoms with Crippen molar-refractivity contribution in [2.75, 3.05) is 4.90 Å². The van der Waals surface area contributed by atoms with E-state index in [-0.39, 0.29) is 11.4 Å². The van der Waals surface area contributed by atoms with Gasteiger partial charge in [0.25, 0.3) is 11.4 Å². The van der Waals surface area contributed by atoms with E-state index in [4.69, 9.17) is 0 Å². The maximum atomic E-state index is 11.1. The highest BCUT2D eigenvalue weighted by Crippen LogP contribution is 2.38. The van der Waals surface area contributed by atoms with Gasteiger partial charge < -0.3 is 4.90 Å². The molecule has 0 fully saturated rings. The maximum absolute atomic E-state index is 11.1. The Kier molecular flexibility index (Phi) is 4.91. The first kappa shape index (κ1) is 20.1. The Morgan fingerprint density at radius 1 is 0.485 bits per heavy atom. The van der Waals surface area contributed by atoms with Crippen LogP contribution in [0.25, 0.3) is 21.5 Å². The minimum atomic E-state index is -0.400. The number of nitro groups is 2. The average molecular weight is 435 g/mol. The zero-order chi connectivity index (χ0) is 22.9. The molecule has 0 saturated carbocycles. The van der Waals surface area contributed by atoms with Crippen molar-refractivity contribution in [1.82, 2.24) is 0 Å². The molecule has 5 aromatic carbocycles. The molecule has 0 aromatic heterocycles. The van der Waals surface area contributed by atoms with E-state index in [1.807, 2.05) is 66.7 Å². The Bertz CT molecular complexity index is 1440. The molecule has 0 saturated heterocycles. The molecular formula is C26H17N3O4. The van der Waals surface area contributed by atoms with Crippen LogP contribution in [0.3, 0.4) is 0 Å². The Morgan fingerprint density at radius 3 is 1.36 bits per heavy atom. The summed E-state index contributed by atoms with van der Waals surface area (Å²) in [7, 11) is 0. The van der Waals surface area contributed by atoms with Gasteiger partial charge in [-0.1, -0.05) is 30.3 Å². The lowest BCUT2D eigenvalue weighted by Crippen LogP contribution is -2.09. The van der Waals surface area contributed by atoms with E-state index >= 15 is 0 Å². The maximum Gasteiger partial charge on any atom is 0.270 e. The monoisotopic (exact) mass is 435 g/mol. The van der Waals surface area contributed by atoms with E-state index < -0.39 is 9.85 Å². The molecule has 0 amide bonds. The highest BCUT2D eigenvalue weighted by atomic mass is 16.6. The lowest BCUT2D eigenvalue weighted by molar-refractivity contribution is -0.384. The van der Waals surface area contributed by atoms with Gasteiger partial charge in [0.15, 0.2) is 0 Å². The zero-order valence-electron chi connectivity index (χ0n) is 17.3. The van der Waals surface area contributed by atoms with E-state index in [0.717, 1.165) is 38.6 Å². The van der Waals surface area contributed by atoms with E-state index in [0.29, 0.717) is 0 Å². The zero-order valence-corrected chi connectivity index (χ0v) is 17.3. The quantitative estimate of drug-likeness (QED) is 0.214. The van der Waals surface area contributed by atoms with Crippen LogP contribution in [0.15, 0.2) is 103 Å². The number of rotatable bonds is 5. The molecule has 0 bridgehead atoms. The number of nitrogens with zero attached hydrogens (tertiary/aromatic N) is 3. The first-order chi connectivity index (χ1) is 16.0. The van der Waals surface area contributed by atoms with Crippen molar-refractivity contribution >= 4 is 50.0 Å². The topological polar surface area (TPSA) is 89.5 Å². The third-order valence-corrected chi connectivity index (χ3v) is 5.57. The molecule has 7 nitrogen and oxygen atoms in total. The largest absolute Gasteiger partial charge is 0.310 e.